The Labute approximate surface area is 151 Å². The number of rotatable bonds is 6. The number of allylic oxidation sites excluding steroid dienone is 1. The number of terminal acetylenes is 1. The van der Waals surface area contributed by atoms with Crippen molar-refractivity contribution < 1.29 is 13.9 Å². The summed E-state index contributed by atoms with van der Waals surface area (Å²) in [6, 6.07) is 11.4. The van der Waals surface area contributed by atoms with Crippen molar-refractivity contribution in [3.63, 3.8) is 0 Å². The molecule has 126 valence electrons. The molecule has 0 aliphatic carbocycles. The lowest BCUT2D eigenvalue weighted by Crippen LogP contribution is -2.00. The van der Waals surface area contributed by atoms with E-state index >= 15 is 0 Å². The van der Waals surface area contributed by atoms with Gasteiger partial charge in [-0.25, -0.2) is 4.39 Å². The van der Waals surface area contributed by atoms with Gasteiger partial charge >= 0.3 is 0 Å². The van der Waals surface area contributed by atoms with Gasteiger partial charge in [0.15, 0.2) is 11.5 Å². The molecule has 5 heteroatoms. The van der Waals surface area contributed by atoms with Crippen LogP contribution in [-0.2, 0) is 0 Å². The molecule has 0 N–H and O–H groups in total. The van der Waals surface area contributed by atoms with E-state index in [9.17, 15) is 9.65 Å². The Kier molecular flexibility index (Phi) is 6.46. The fourth-order valence-electron chi connectivity index (χ4n) is 2.20. The zero-order valence-electron chi connectivity index (χ0n) is 13.6. The highest BCUT2D eigenvalue weighted by Gasteiger charge is 2.13. The molecule has 2 aromatic rings. The van der Waals surface area contributed by atoms with E-state index in [0.29, 0.717) is 28.7 Å². The molecular weight excluding hydrogens is 341 g/mol. The molecule has 2 rings (SSSR count). The molecule has 0 radical (unpaired) electrons. The fourth-order valence-corrected chi connectivity index (χ4v) is 2.48. The third-order valence-electron chi connectivity index (χ3n) is 3.23. The van der Waals surface area contributed by atoms with Crippen molar-refractivity contribution in [2.75, 3.05) is 13.2 Å². The summed E-state index contributed by atoms with van der Waals surface area (Å²) < 4.78 is 24.9. The summed E-state index contributed by atoms with van der Waals surface area (Å²) in [6.45, 7) is 2.27. The Morgan fingerprint density at radius 2 is 2.08 bits per heavy atom. The number of benzene rings is 2. The molecule has 0 aromatic heterocycles. The molecule has 0 atom stereocenters. The third-order valence-corrected chi connectivity index (χ3v) is 3.51. The van der Waals surface area contributed by atoms with Crippen LogP contribution in [0.3, 0.4) is 0 Å². The van der Waals surface area contributed by atoms with Crippen molar-refractivity contribution in [2.45, 2.75) is 6.92 Å². The van der Waals surface area contributed by atoms with Gasteiger partial charge < -0.3 is 9.47 Å². The molecule has 2 aromatic carbocycles. The van der Waals surface area contributed by atoms with Crippen LogP contribution in [-0.4, -0.2) is 13.2 Å². The van der Waals surface area contributed by atoms with E-state index in [1.807, 2.05) is 13.0 Å². The van der Waals surface area contributed by atoms with Crippen LogP contribution in [0, 0.1) is 29.5 Å². The number of nitriles is 1. The highest BCUT2D eigenvalue weighted by atomic mass is 35.5. The molecule has 0 unspecified atom stereocenters. The van der Waals surface area contributed by atoms with Crippen LogP contribution >= 0.6 is 11.6 Å². The Bertz CT molecular complexity index is 878. The minimum absolute atomic E-state index is 0.0493. The van der Waals surface area contributed by atoms with E-state index in [1.165, 1.54) is 12.1 Å². The highest BCUT2D eigenvalue weighted by Crippen LogP contribution is 2.37. The van der Waals surface area contributed by atoms with Crippen LogP contribution in [0.4, 0.5) is 4.39 Å². The molecule has 3 nitrogen and oxygen atoms in total. The van der Waals surface area contributed by atoms with Gasteiger partial charge in [0.1, 0.15) is 12.4 Å². The van der Waals surface area contributed by atoms with Gasteiger partial charge in [0.05, 0.1) is 23.3 Å². The highest BCUT2D eigenvalue weighted by molar-refractivity contribution is 6.32. The first-order valence-electron chi connectivity index (χ1n) is 7.50. The second-order valence-electron chi connectivity index (χ2n) is 4.91. The first kappa shape index (κ1) is 18.4. The molecule has 25 heavy (non-hydrogen) atoms. The quantitative estimate of drug-likeness (QED) is 0.418. The zero-order chi connectivity index (χ0) is 18.2. The summed E-state index contributed by atoms with van der Waals surface area (Å²) in [5.41, 5.74) is 0.974. The Morgan fingerprint density at radius 1 is 1.32 bits per heavy atom. The topological polar surface area (TPSA) is 42.2 Å². The standard InChI is InChI=1S/C20H15ClFNO2/c1-3-9-25-20-17(21)11-14(12-19(20)24-4-2)10-15(13-23)16-7-5-6-8-18(16)22/h1,5-8,10-12H,4,9H2,2H3. The number of halogens is 2. The van der Waals surface area contributed by atoms with Gasteiger partial charge in [-0.3, -0.25) is 0 Å². The van der Waals surface area contributed by atoms with E-state index < -0.39 is 5.82 Å². The van der Waals surface area contributed by atoms with Crippen LogP contribution in [0.15, 0.2) is 36.4 Å². The van der Waals surface area contributed by atoms with E-state index in [4.69, 9.17) is 27.5 Å². The Balaban J connectivity index is 2.50. The number of ether oxygens (including phenoxy) is 2. The molecule has 0 aliphatic heterocycles. The minimum Gasteiger partial charge on any atom is -0.490 e. The van der Waals surface area contributed by atoms with E-state index in [-0.39, 0.29) is 17.7 Å². The summed E-state index contributed by atoms with van der Waals surface area (Å²) in [4.78, 5) is 0. The SMILES string of the molecule is C#CCOc1c(Cl)cc(C=C(C#N)c2ccccc2F)cc1OCC. The first-order chi connectivity index (χ1) is 12.1. The second-order valence-corrected chi connectivity index (χ2v) is 5.31. The van der Waals surface area contributed by atoms with E-state index in [1.54, 1.807) is 30.3 Å². The van der Waals surface area contributed by atoms with Gasteiger partial charge in [-0.05, 0) is 36.8 Å². The van der Waals surface area contributed by atoms with Gasteiger partial charge in [0.2, 0.25) is 0 Å². The lowest BCUT2D eigenvalue weighted by molar-refractivity contribution is 0.299. The summed E-state index contributed by atoms with van der Waals surface area (Å²) in [5, 5.41) is 9.67. The van der Waals surface area contributed by atoms with Gasteiger partial charge in [0.25, 0.3) is 0 Å². The van der Waals surface area contributed by atoms with Crippen LogP contribution in [0.5, 0.6) is 11.5 Å². The van der Waals surface area contributed by atoms with E-state index in [2.05, 4.69) is 5.92 Å². The maximum absolute atomic E-state index is 13.9. The van der Waals surface area contributed by atoms with Crippen molar-refractivity contribution >= 4 is 23.3 Å². The summed E-state index contributed by atoms with van der Waals surface area (Å²) in [6.07, 6.45) is 6.74. The summed E-state index contributed by atoms with van der Waals surface area (Å²) >= 11 is 6.25. The van der Waals surface area contributed by atoms with Gasteiger partial charge in [-0.1, -0.05) is 35.7 Å². The lowest BCUT2D eigenvalue weighted by Gasteiger charge is -2.13. The maximum Gasteiger partial charge on any atom is 0.181 e. The van der Waals surface area contributed by atoms with Crippen molar-refractivity contribution in [3.8, 4) is 29.9 Å². The maximum atomic E-state index is 13.9. The summed E-state index contributed by atoms with van der Waals surface area (Å²) in [5.74, 6) is 2.63. The molecule has 0 spiro atoms. The molecular formula is C20H15ClFNO2. The molecule has 0 amide bonds. The average Bonchev–Trinajstić information content (AvgIpc) is 2.60. The molecule has 0 aliphatic rings. The van der Waals surface area contributed by atoms with Gasteiger partial charge in [0, 0.05) is 5.56 Å². The largest absolute Gasteiger partial charge is 0.490 e. The van der Waals surface area contributed by atoms with Crippen molar-refractivity contribution in [1.82, 2.24) is 0 Å². The fraction of sp³-hybridized carbons (Fsp3) is 0.150. The predicted octanol–water partition coefficient (Wildman–Crippen LogP) is 4.95. The molecule has 0 bridgehead atoms. The monoisotopic (exact) mass is 355 g/mol. The van der Waals surface area contributed by atoms with Gasteiger partial charge in [-0.2, -0.15) is 5.26 Å². The zero-order valence-corrected chi connectivity index (χ0v) is 14.3. The number of nitrogens with zero attached hydrogens (tertiary/aromatic N) is 1. The molecule has 0 heterocycles. The third kappa shape index (κ3) is 4.53. The smallest absolute Gasteiger partial charge is 0.181 e. The van der Waals surface area contributed by atoms with Crippen molar-refractivity contribution in [1.29, 1.82) is 5.26 Å². The lowest BCUT2D eigenvalue weighted by atomic mass is 10.0. The minimum atomic E-state index is -0.472. The predicted molar refractivity (Wildman–Crippen MR) is 96.8 cm³/mol. The Hall–Kier alpha value is -2.95. The second kappa shape index (κ2) is 8.78. The van der Waals surface area contributed by atoms with Crippen LogP contribution in [0.25, 0.3) is 11.6 Å². The molecule has 0 saturated carbocycles. The number of hydrogen-bond donors (Lipinski definition) is 0. The molecule has 0 saturated heterocycles. The first-order valence-corrected chi connectivity index (χ1v) is 7.87. The van der Waals surface area contributed by atoms with E-state index in [0.717, 1.165) is 0 Å². The van der Waals surface area contributed by atoms with Crippen molar-refractivity contribution in [2.24, 2.45) is 0 Å². The van der Waals surface area contributed by atoms with Crippen LogP contribution in [0.1, 0.15) is 18.1 Å². The van der Waals surface area contributed by atoms with Crippen molar-refractivity contribution in [3.05, 3.63) is 58.4 Å². The normalized spacial score (nSPS) is 10.7. The molecule has 0 fully saturated rings. The van der Waals surface area contributed by atoms with Crippen LogP contribution < -0.4 is 9.47 Å². The number of hydrogen-bond acceptors (Lipinski definition) is 3. The Morgan fingerprint density at radius 3 is 2.72 bits per heavy atom. The van der Waals surface area contributed by atoms with Gasteiger partial charge in [-0.15, -0.1) is 6.42 Å². The summed E-state index contributed by atoms with van der Waals surface area (Å²) in [7, 11) is 0. The average molecular weight is 356 g/mol. The van der Waals surface area contributed by atoms with Crippen LogP contribution in [0.2, 0.25) is 5.02 Å².